The van der Waals surface area contributed by atoms with Gasteiger partial charge in [-0.15, -0.1) is 0 Å². The second-order valence-electron chi connectivity index (χ2n) is 6.03. The second-order valence-corrected chi connectivity index (χ2v) is 6.03. The SMILES string of the molecule is CC(=O)c1ccc2c(c1)N(Cc1ccc(C)cc1)CC(C)O2. The van der Waals surface area contributed by atoms with E-state index in [1.54, 1.807) is 6.92 Å². The Morgan fingerprint density at radius 2 is 1.95 bits per heavy atom. The highest BCUT2D eigenvalue weighted by Gasteiger charge is 2.23. The molecule has 1 aliphatic heterocycles. The highest BCUT2D eigenvalue weighted by Crippen LogP contribution is 2.35. The third-order valence-electron chi connectivity index (χ3n) is 4.01. The van der Waals surface area contributed by atoms with Crippen LogP contribution < -0.4 is 9.64 Å². The van der Waals surface area contributed by atoms with Gasteiger partial charge in [-0.25, -0.2) is 0 Å². The summed E-state index contributed by atoms with van der Waals surface area (Å²) in [5.74, 6) is 0.938. The fourth-order valence-corrected chi connectivity index (χ4v) is 2.81. The highest BCUT2D eigenvalue weighted by molar-refractivity contribution is 5.95. The maximum atomic E-state index is 11.6. The summed E-state index contributed by atoms with van der Waals surface area (Å²) in [7, 11) is 0. The third-order valence-corrected chi connectivity index (χ3v) is 4.01. The van der Waals surface area contributed by atoms with E-state index in [0.717, 1.165) is 30.1 Å². The third kappa shape index (κ3) is 2.98. The summed E-state index contributed by atoms with van der Waals surface area (Å²) in [5, 5.41) is 0. The van der Waals surface area contributed by atoms with E-state index in [2.05, 4.69) is 43.0 Å². The predicted octanol–water partition coefficient (Wildman–Crippen LogP) is 3.99. The molecule has 0 aliphatic carbocycles. The second kappa shape index (κ2) is 5.84. The number of rotatable bonds is 3. The van der Waals surface area contributed by atoms with Gasteiger partial charge in [0.1, 0.15) is 11.9 Å². The lowest BCUT2D eigenvalue weighted by Crippen LogP contribution is -2.38. The molecule has 2 aromatic rings. The van der Waals surface area contributed by atoms with Crippen LogP contribution in [0.15, 0.2) is 42.5 Å². The van der Waals surface area contributed by atoms with Crippen molar-refractivity contribution in [3.05, 3.63) is 59.2 Å². The van der Waals surface area contributed by atoms with E-state index in [0.29, 0.717) is 0 Å². The Morgan fingerprint density at radius 1 is 1.23 bits per heavy atom. The molecule has 0 saturated carbocycles. The highest BCUT2D eigenvalue weighted by atomic mass is 16.5. The Morgan fingerprint density at radius 3 is 2.64 bits per heavy atom. The number of nitrogens with zero attached hydrogens (tertiary/aromatic N) is 1. The van der Waals surface area contributed by atoms with Crippen LogP contribution in [0.25, 0.3) is 0 Å². The molecule has 1 heterocycles. The molecule has 22 heavy (non-hydrogen) atoms. The van der Waals surface area contributed by atoms with Gasteiger partial charge in [0.05, 0.1) is 12.2 Å². The van der Waals surface area contributed by atoms with Crippen LogP contribution in [0.1, 0.15) is 35.3 Å². The monoisotopic (exact) mass is 295 g/mol. The van der Waals surface area contributed by atoms with Crippen LogP contribution in [0.4, 0.5) is 5.69 Å². The van der Waals surface area contributed by atoms with Gasteiger partial charge in [0, 0.05) is 12.1 Å². The van der Waals surface area contributed by atoms with Crippen LogP contribution in [0, 0.1) is 6.92 Å². The van der Waals surface area contributed by atoms with Crippen molar-refractivity contribution in [1.29, 1.82) is 0 Å². The molecule has 1 unspecified atom stereocenters. The predicted molar refractivity (Wildman–Crippen MR) is 88.8 cm³/mol. The average Bonchev–Trinajstić information content (AvgIpc) is 2.49. The van der Waals surface area contributed by atoms with E-state index >= 15 is 0 Å². The van der Waals surface area contributed by atoms with Gasteiger partial charge in [-0.2, -0.15) is 0 Å². The number of ether oxygens (including phenoxy) is 1. The van der Waals surface area contributed by atoms with Gasteiger partial charge < -0.3 is 9.64 Å². The number of benzene rings is 2. The Hall–Kier alpha value is -2.29. The molecule has 1 atom stereocenters. The maximum Gasteiger partial charge on any atom is 0.159 e. The molecule has 3 rings (SSSR count). The number of ketones is 1. The topological polar surface area (TPSA) is 29.5 Å². The molecule has 0 fully saturated rings. The minimum Gasteiger partial charge on any atom is -0.487 e. The standard InChI is InChI=1S/C19H21NO2/c1-13-4-6-16(7-5-13)12-20-11-14(2)22-19-9-8-17(15(3)21)10-18(19)20/h4-10,14H,11-12H2,1-3H3. The Labute approximate surface area is 131 Å². The van der Waals surface area contributed by atoms with Crippen molar-refractivity contribution < 1.29 is 9.53 Å². The van der Waals surface area contributed by atoms with Crippen molar-refractivity contribution in [3.8, 4) is 5.75 Å². The number of fused-ring (bicyclic) bond motifs is 1. The molecule has 0 bridgehead atoms. The molecule has 0 spiro atoms. The number of carbonyl (C=O) groups excluding carboxylic acids is 1. The molecule has 0 N–H and O–H groups in total. The summed E-state index contributed by atoms with van der Waals surface area (Å²) in [6.45, 7) is 7.40. The minimum absolute atomic E-state index is 0.0803. The molecule has 3 nitrogen and oxygen atoms in total. The van der Waals surface area contributed by atoms with Gasteiger partial charge in [0.2, 0.25) is 0 Å². The van der Waals surface area contributed by atoms with Crippen LogP contribution in [-0.4, -0.2) is 18.4 Å². The van der Waals surface area contributed by atoms with E-state index in [1.807, 2.05) is 18.2 Å². The van der Waals surface area contributed by atoms with E-state index in [-0.39, 0.29) is 11.9 Å². The zero-order valence-electron chi connectivity index (χ0n) is 13.3. The first-order valence-electron chi connectivity index (χ1n) is 7.65. The number of Topliss-reactive ketones (excluding diaryl/α,β-unsaturated/α-hetero) is 1. The summed E-state index contributed by atoms with van der Waals surface area (Å²) in [5.41, 5.74) is 4.26. The summed E-state index contributed by atoms with van der Waals surface area (Å²) >= 11 is 0. The molecule has 114 valence electrons. The van der Waals surface area contributed by atoms with Crippen molar-refractivity contribution in [2.24, 2.45) is 0 Å². The quantitative estimate of drug-likeness (QED) is 0.802. The lowest BCUT2D eigenvalue weighted by molar-refractivity contribution is 0.101. The molecule has 0 saturated heterocycles. The smallest absolute Gasteiger partial charge is 0.159 e. The summed E-state index contributed by atoms with van der Waals surface area (Å²) in [4.78, 5) is 13.9. The average molecular weight is 295 g/mol. The number of carbonyl (C=O) groups is 1. The molecular weight excluding hydrogens is 274 g/mol. The minimum atomic E-state index is 0.0803. The molecule has 1 aliphatic rings. The van der Waals surface area contributed by atoms with Crippen LogP contribution in [0.2, 0.25) is 0 Å². The Kier molecular flexibility index (Phi) is 3.88. The van der Waals surface area contributed by atoms with Crippen molar-refractivity contribution >= 4 is 11.5 Å². The van der Waals surface area contributed by atoms with E-state index in [9.17, 15) is 4.79 Å². The van der Waals surface area contributed by atoms with Crippen LogP contribution in [0.3, 0.4) is 0 Å². The van der Waals surface area contributed by atoms with Crippen molar-refractivity contribution in [2.45, 2.75) is 33.4 Å². The number of aryl methyl sites for hydroxylation is 1. The van der Waals surface area contributed by atoms with Gasteiger partial charge >= 0.3 is 0 Å². The first kappa shape index (κ1) is 14.6. The molecular formula is C19H21NO2. The van der Waals surface area contributed by atoms with Gasteiger partial charge in [0.25, 0.3) is 0 Å². The first-order valence-corrected chi connectivity index (χ1v) is 7.65. The van der Waals surface area contributed by atoms with Crippen molar-refractivity contribution in [2.75, 3.05) is 11.4 Å². The summed E-state index contributed by atoms with van der Waals surface area (Å²) < 4.78 is 5.90. The van der Waals surface area contributed by atoms with Crippen LogP contribution in [-0.2, 0) is 6.54 Å². The van der Waals surface area contributed by atoms with E-state index in [4.69, 9.17) is 4.74 Å². The van der Waals surface area contributed by atoms with E-state index < -0.39 is 0 Å². The van der Waals surface area contributed by atoms with Crippen LogP contribution >= 0.6 is 0 Å². The van der Waals surface area contributed by atoms with Gasteiger partial charge in [-0.3, -0.25) is 4.79 Å². The maximum absolute atomic E-state index is 11.6. The molecule has 3 heteroatoms. The molecule has 0 radical (unpaired) electrons. The lowest BCUT2D eigenvalue weighted by atomic mass is 10.1. The van der Waals surface area contributed by atoms with Gasteiger partial charge in [0.15, 0.2) is 5.78 Å². The summed E-state index contributed by atoms with van der Waals surface area (Å²) in [6.07, 6.45) is 0.140. The van der Waals surface area contributed by atoms with Gasteiger partial charge in [-0.1, -0.05) is 29.8 Å². The zero-order chi connectivity index (χ0) is 15.7. The van der Waals surface area contributed by atoms with E-state index in [1.165, 1.54) is 11.1 Å². The molecule has 0 aromatic heterocycles. The number of anilines is 1. The lowest BCUT2D eigenvalue weighted by Gasteiger charge is -2.35. The molecule has 2 aromatic carbocycles. The Balaban J connectivity index is 1.93. The largest absolute Gasteiger partial charge is 0.487 e. The summed E-state index contributed by atoms with van der Waals surface area (Å²) in [6, 6.07) is 14.3. The number of hydrogen-bond acceptors (Lipinski definition) is 3. The normalized spacial score (nSPS) is 16.9. The van der Waals surface area contributed by atoms with Crippen molar-refractivity contribution in [3.63, 3.8) is 0 Å². The fourth-order valence-electron chi connectivity index (χ4n) is 2.81. The van der Waals surface area contributed by atoms with Crippen molar-refractivity contribution in [1.82, 2.24) is 0 Å². The fraction of sp³-hybridized carbons (Fsp3) is 0.316. The number of hydrogen-bond donors (Lipinski definition) is 0. The Bertz CT molecular complexity index is 691. The molecule has 0 amide bonds. The van der Waals surface area contributed by atoms with Crippen LogP contribution in [0.5, 0.6) is 5.75 Å². The van der Waals surface area contributed by atoms with Gasteiger partial charge in [-0.05, 0) is 44.5 Å². The zero-order valence-corrected chi connectivity index (χ0v) is 13.3. The first-order chi connectivity index (χ1) is 10.5.